The molecule has 2 heterocycles. The van der Waals surface area contributed by atoms with Crippen molar-refractivity contribution in [2.24, 2.45) is 11.3 Å². The fourth-order valence-electron chi connectivity index (χ4n) is 4.15. The number of amides is 2. The third kappa shape index (κ3) is 5.88. The molecule has 9 heteroatoms. The molecule has 7 nitrogen and oxygen atoms in total. The zero-order valence-electron chi connectivity index (χ0n) is 20.1. The summed E-state index contributed by atoms with van der Waals surface area (Å²) in [6.07, 6.45) is 3.18. The Hall–Kier alpha value is -2.65. The molecule has 180 valence electrons. The quantitative estimate of drug-likeness (QED) is 0.389. The number of thiophene rings is 1. The second-order valence-corrected chi connectivity index (χ2v) is 11.8. The number of fused-ring (bicyclic) bond motifs is 1. The number of hydrogen-bond acceptors (Lipinski definition) is 6. The maximum absolute atomic E-state index is 12.6. The minimum Gasteiger partial charge on any atom is -0.302 e. The molecule has 0 saturated heterocycles. The van der Waals surface area contributed by atoms with Crippen molar-refractivity contribution in [3.8, 4) is 0 Å². The molecule has 0 fully saturated rings. The van der Waals surface area contributed by atoms with Crippen LogP contribution < -0.4 is 10.9 Å². The first-order valence-electron chi connectivity index (χ1n) is 11.5. The van der Waals surface area contributed by atoms with Gasteiger partial charge in [-0.3, -0.25) is 20.4 Å². The van der Waals surface area contributed by atoms with Crippen LogP contribution in [0.3, 0.4) is 0 Å². The molecule has 1 aromatic carbocycles. The first kappa shape index (κ1) is 24.5. The summed E-state index contributed by atoms with van der Waals surface area (Å²) in [5, 5.41) is 9.01. The largest absolute Gasteiger partial charge is 0.302 e. The Bertz CT molecular complexity index is 1160. The lowest BCUT2D eigenvalue weighted by Gasteiger charge is -2.33. The van der Waals surface area contributed by atoms with Gasteiger partial charge in [-0.15, -0.1) is 21.5 Å². The van der Waals surface area contributed by atoms with Gasteiger partial charge >= 0.3 is 0 Å². The normalized spacial score (nSPS) is 15.6. The van der Waals surface area contributed by atoms with Crippen LogP contribution in [0.2, 0.25) is 0 Å². The van der Waals surface area contributed by atoms with E-state index in [0.717, 1.165) is 30.7 Å². The third-order valence-electron chi connectivity index (χ3n) is 6.26. The van der Waals surface area contributed by atoms with Crippen LogP contribution >= 0.6 is 23.1 Å². The SMILES string of the molecule is Cc1nnc(SCC(=O)NNC(=O)c2cc3c(s2)CCC(C(C)(C)C)C3)n1Cc1ccccc1. The highest BCUT2D eigenvalue weighted by atomic mass is 32.2. The Balaban J connectivity index is 1.29. The molecule has 1 unspecified atom stereocenters. The van der Waals surface area contributed by atoms with Gasteiger partial charge in [0.05, 0.1) is 17.2 Å². The minimum absolute atomic E-state index is 0.126. The van der Waals surface area contributed by atoms with Gasteiger partial charge < -0.3 is 4.57 Å². The molecule has 2 aromatic heterocycles. The van der Waals surface area contributed by atoms with Gasteiger partial charge in [0.2, 0.25) is 5.91 Å². The number of nitrogens with zero attached hydrogens (tertiary/aromatic N) is 3. The van der Waals surface area contributed by atoms with Crippen molar-refractivity contribution in [1.82, 2.24) is 25.6 Å². The Morgan fingerprint density at radius 2 is 1.94 bits per heavy atom. The number of aryl methyl sites for hydroxylation is 2. The van der Waals surface area contributed by atoms with Crippen LogP contribution in [0.4, 0.5) is 0 Å². The van der Waals surface area contributed by atoms with Crippen molar-refractivity contribution in [3.63, 3.8) is 0 Å². The average Bonchev–Trinajstić information content (AvgIpc) is 3.39. The lowest BCUT2D eigenvalue weighted by atomic mass is 9.72. The van der Waals surface area contributed by atoms with Crippen LogP contribution in [-0.2, 0) is 24.2 Å². The molecule has 0 radical (unpaired) electrons. The monoisotopic (exact) mass is 497 g/mol. The zero-order chi connectivity index (χ0) is 24.3. The van der Waals surface area contributed by atoms with Gasteiger partial charge in [0.15, 0.2) is 5.16 Å². The first-order chi connectivity index (χ1) is 16.2. The summed E-state index contributed by atoms with van der Waals surface area (Å²) < 4.78 is 1.98. The number of nitrogens with one attached hydrogen (secondary N) is 2. The van der Waals surface area contributed by atoms with Crippen molar-refractivity contribution in [2.75, 3.05) is 5.75 Å². The van der Waals surface area contributed by atoms with Crippen molar-refractivity contribution in [3.05, 3.63) is 63.1 Å². The van der Waals surface area contributed by atoms with Crippen molar-refractivity contribution >= 4 is 34.9 Å². The Morgan fingerprint density at radius 1 is 1.18 bits per heavy atom. The van der Waals surface area contributed by atoms with Crippen LogP contribution in [0.5, 0.6) is 0 Å². The number of thioether (sulfide) groups is 1. The maximum atomic E-state index is 12.6. The summed E-state index contributed by atoms with van der Waals surface area (Å²) in [6, 6.07) is 12.0. The number of hydrogen-bond donors (Lipinski definition) is 2. The lowest BCUT2D eigenvalue weighted by molar-refractivity contribution is -0.119. The molecule has 2 N–H and O–H groups in total. The number of carbonyl (C=O) groups excluding carboxylic acids is 2. The lowest BCUT2D eigenvalue weighted by Crippen LogP contribution is -2.42. The summed E-state index contributed by atoms with van der Waals surface area (Å²) in [5.74, 6) is 0.972. The van der Waals surface area contributed by atoms with Gasteiger partial charge in [0.25, 0.3) is 5.91 Å². The van der Waals surface area contributed by atoms with E-state index in [2.05, 4.69) is 41.8 Å². The summed E-state index contributed by atoms with van der Waals surface area (Å²) >= 11 is 2.83. The van der Waals surface area contributed by atoms with E-state index in [4.69, 9.17) is 0 Å². The Morgan fingerprint density at radius 3 is 2.68 bits per heavy atom. The molecule has 34 heavy (non-hydrogen) atoms. The topological polar surface area (TPSA) is 88.9 Å². The van der Waals surface area contributed by atoms with Crippen LogP contribution in [0, 0.1) is 18.3 Å². The Labute approximate surface area is 208 Å². The maximum Gasteiger partial charge on any atom is 0.279 e. The van der Waals surface area contributed by atoms with Gasteiger partial charge in [-0.1, -0.05) is 62.9 Å². The van der Waals surface area contributed by atoms with E-state index in [1.165, 1.54) is 33.5 Å². The summed E-state index contributed by atoms with van der Waals surface area (Å²) in [5.41, 5.74) is 7.76. The standard InChI is InChI=1S/C25H31N5O2S2/c1-16-26-29-24(30(16)14-17-8-6-5-7-9-17)33-15-22(31)27-28-23(32)21-13-18-12-19(25(2,3)4)10-11-20(18)34-21/h5-9,13,19H,10-12,14-15H2,1-4H3,(H,27,31)(H,28,32). The first-order valence-corrected chi connectivity index (χ1v) is 13.3. The molecule has 1 aliphatic rings. The predicted octanol–water partition coefficient (Wildman–Crippen LogP) is 4.40. The molecular weight excluding hydrogens is 466 g/mol. The van der Waals surface area contributed by atoms with Gasteiger partial charge in [-0.05, 0) is 54.7 Å². The second-order valence-electron chi connectivity index (χ2n) is 9.76. The number of carbonyl (C=O) groups is 2. The third-order valence-corrected chi connectivity index (χ3v) is 8.47. The molecule has 1 atom stereocenters. The molecule has 0 aliphatic heterocycles. The van der Waals surface area contributed by atoms with Gasteiger partial charge in [0.1, 0.15) is 5.82 Å². The van der Waals surface area contributed by atoms with Crippen molar-refractivity contribution < 1.29 is 9.59 Å². The van der Waals surface area contributed by atoms with Crippen LogP contribution in [0.1, 0.15) is 58.7 Å². The van der Waals surface area contributed by atoms with Gasteiger partial charge in [-0.2, -0.15) is 0 Å². The van der Waals surface area contributed by atoms with Crippen LogP contribution in [0.15, 0.2) is 41.6 Å². The smallest absolute Gasteiger partial charge is 0.279 e. The highest BCUT2D eigenvalue weighted by Crippen LogP contribution is 2.40. The van der Waals surface area contributed by atoms with Gasteiger partial charge in [-0.25, -0.2) is 0 Å². The highest BCUT2D eigenvalue weighted by molar-refractivity contribution is 7.99. The van der Waals surface area contributed by atoms with E-state index in [-0.39, 0.29) is 23.0 Å². The molecular formula is C25H31N5O2S2. The molecule has 1 aliphatic carbocycles. The van der Waals surface area contributed by atoms with E-state index >= 15 is 0 Å². The molecule has 0 bridgehead atoms. The fourth-order valence-corrected chi connectivity index (χ4v) is 6.03. The van der Waals surface area contributed by atoms with E-state index in [1.54, 1.807) is 0 Å². The zero-order valence-corrected chi connectivity index (χ0v) is 21.7. The van der Waals surface area contributed by atoms with Gasteiger partial charge in [0, 0.05) is 4.88 Å². The van der Waals surface area contributed by atoms with Crippen molar-refractivity contribution in [2.45, 2.75) is 58.7 Å². The van der Waals surface area contributed by atoms with E-state index in [1.807, 2.05) is 47.9 Å². The average molecular weight is 498 g/mol. The summed E-state index contributed by atoms with van der Waals surface area (Å²) in [4.78, 5) is 26.9. The molecule has 0 saturated carbocycles. The Kier molecular flexibility index (Phi) is 7.42. The van der Waals surface area contributed by atoms with Crippen LogP contribution in [-0.4, -0.2) is 32.3 Å². The van der Waals surface area contributed by atoms with Crippen LogP contribution in [0.25, 0.3) is 0 Å². The second kappa shape index (κ2) is 10.3. The molecule has 0 spiro atoms. The number of hydrazine groups is 1. The molecule has 3 aromatic rings. The predicted molar refractivity (Wildman–Crippen MR) is 136 cm³/mol. The minimum atomic E-state index is -0.292. The summed E-state index contributed by atoms with van der Waals surface area (Å²) in [6.45, 7) is 9.37. The number of aromatic nitrogens is 3. The van der Waals surface area contributed by atoms with E-state index < -0.39 is 0 Å². The number of rotatable bonds is 6. The molecule has 4 rings (SSSR count). The van der Waals surface area contributed by atoms with E-state index in [9.17, 15) is 9.59 Å². The van der Waals surface area contributed by atoms with E-state index in [0.29, 0.717) is 22.5 Å². The molecule has 2 amide bonds. The fraction of sp³-hybridized carbons (Fsp3) is 0.440. The summed E-state index contributed by atoms with van der Waals surface area (Å²) in [7, 11) is 0. The van der Waals surface area contributed by atoms with Crippen molar-refractivity contribution in [1.29, 1.82) is 0 Å². The highest BCUT2D eigenvalue weighted by Gasteiger charge is 2.30. The number of benzene rings is 1.